The molecule has 0 radical (unpaired) electrons. The Morgan fingerprint density at radius 3 is 2.20 bits per heavy atom. The zero-order valence-corrected chi connectivity index (χ0v) is 13.1. The number of nitrogens with one attached hydrogen (secondary N) is 1. The number of rotatable bonds is 7. The lowest BCUT2D eigenvalue weighted by molar-refractivity contribution is -0.174. The van der Waals surface area contributed by atoms with Gasteiger partial charge in [0.15, 0.2) is 0 Å². The van der Waals surface area contributed by atoms with Crippen LogP contribution in [0.25, 0.3) is 0 Å². The lowest BCUT2D eigenvalue weighted by atomic mass is 9.54. The SMILES string of the molecule is CC[C@@H](C)NC[C@H](O)COC12CC3CC(CC(C3)C1)C2. The first-order valence-electron chi connectivity index (χ1n) is 8.64. The highest BCUT2D eigenvalue weighted by molar-refractivity contribution is 5.03. The fraction of sp³-hybridized carbons (Fsp3) is 1.00. The van der Waals surface area contributed by atoms with Crippen LogP contribution < -0.4 is 5.32 Å². The lowest BCUT2D eigenvalue weighted by Crippen LogP contribution is -2.53. The Hall–Kier alpha value is -0.120. The minimum Gasteiger partial charge on any atom is -0.389 e. The maximum absolute atomic E-state index is 10.1. The summed E-state index contributed by atoms with van der Waals surface area (Å²) in [5, 5.41) is 13.5. The zero-order chi connectivity index (χ0) is 14.2. The number of hydrogen-bond acceptors (Lipinski definition) is 3. The molecule has 0 spiro atoms. The van der Waals surface area contributed by atoms with Crippen LogP contribution in [0.3, 0.4) is 0 Å². The first-order valence-corrected chi connectivity index (χ1v) is 8.64. The van der Waals surface area contributed by atoms with Crippen LogP contribution >= 0.6 is 0 Å². The van der Waals surface area contributed by atoms with Crippen LogP contribution in [0.5, 0.6) is 0 Å². The number of aliphatic hydroxyl groups is 1. The van der Waals surface area contributed by atoms with E-state index in [-0.39, 0.29) is 11.7 Å². The summed E-state index contributed by atoms with van der Waals surface area (Å²) in [4.78, 5) is 0. The Kier molecular flexibility index (Phi) is 4.40. The first kappa shape index (κ1) is 14.8. The van der Waals surface area contributed by atoms with Crippen molar-refractivity contribution in [2.75, 3.05) is 13.2 Å². The highest BCUT2D eigenvalue weighted by atomic mass is 16.5. The third-order valence-corrected chi connectivity index (χ3v) is 5.88. The van der Waals surface area contributed by atoms with Gasteiger partial charge in [-0.1, -0.05) is 6.92 Å². The standard InChI is InChI=1S/C17H31NO2/c1-3-12(2)18-10-16(19)11-20-17-7-13-4-14(8-17)6-15(5-13)9-17/h12-16,18-19H,3-11H2,1-2H3/t12-,13?,14?,15?,16+,17?/m1/s1. The third kappa shape index (κ3) is 3.20. The van der Waals surface area contributed by atoms with Gasteiger partial charge in [0.1, 0.15) is 0 Å². The summed E-state index contributed by atoms with van der Waals surface area (Å²) >= 11 is 0. The monoisotopic (exact) mass is 281 g/mol. The van der Waals surface area contributed by atoms with E-state index >= 15 is 0 Å². The van der Waals surface area contributed by atoms with Crippen molar-refractivity contribution in [3.05, 3.63) is 0 Å². The predicted molar refractivity (Wildman–Crippen MR) is 80.6 cm³/mol. The van der Waals surface area contributed by atoms with Gasteiger partial charge >= 0.3 is 0 Å². The molecule has 2 atom stereocenters. The Bertz CT molecular complexity index is 296. The van der Waals surface area contributed by atoms with E-state index in [2.05, 4.69) is 19.2 Å². The van der Waals surface area contributed by atoms with Gasteiger partial charge in [-0.2, -0.15) is 0 Å². The maximum Gasteiger partial charge on any atom is 0.0898 e. The fourth-order valence-corrected chi connectivity index (χ4v) is 5.02. The Balaban J connectivity index is 1.46. The van der Waals surface area contributed by atoms with Gasteiger partial charge in [-0.05, 0) is 69.6 Å². The van der Waals surface area contributed by atoms with Crippen molar-refractivity contribution in [2.24, 2.45) is 17.8 Å². The van der Waals surface area contributed by atoms with Gasteiger partial charge in [0.2, 0.25) is 0 Å². The van der Waals surface area contributed by atoms with Crippen molar-refractivity contribution in [1.29, 1.82) is 0 Å². The summed E-state index contributed by atoms with van der Waals surface area (Å²) in [6.07, 6.45) is 8.83. The minimum absolute atomic E-state index is 0.131. The van der Waals surface area contributed by atoms with Gasteiger partial charge in [0, 0.05) is 12.6 Å². The van der Waals surface area contributed by atoms with Gasteiger partial charge in [-0.15, -0.1) is 0 Å². The highest BCUT2D eigenvalue weighted by Crippen LogP contribution is 2.57. The van der Waals surface area contributed by atoms with Crippen LogP contribution in [0.4, 0.5) is 0 Å². The molecular formula is C17H31NO2. The van der Waals surface area contributed by atoms with E-state index in [0.29, 0.717) is 19.2 Å². The van der Waals surface area contributed by atoms with Crippen LogP contribution in [0.1, 0.15) is 58.8 Å². The summed E-state index contributed by atoms with van der Waals surface area (Å²) in [5.41, 5.74) is 0.131. The quantitative estimate of drug-likeness (QED) is 0.754. The van der Waals surface area contributed by atoms with E-state index in [4.69, 9.17) is 4.74 Å². The average molecular weight is 281 g/mol. The topological polar surface area (TPSA) is 41.5 Å². The van der Waals surface area contributed by atoms with E-state index < -0.39 is 0 Å². The normalized spacial score (nSPS) is 41.9. The number of aliphatic hydroxyl groups excluding tert-OH is 1. The molecule has 3 heteroatoms. The van der Waals surface area contributed by atoms with E-state index in [0.717, 1.165) is 24.2 Å². The Morgan fingerprint density at radius 1 is 1.15 bits per heavy atom. The Morgan fingerprint density at radius 2 is 1.70 bits per heavy atom. The van der Waals surface area contributed by atoms with E-state index in [9.17, 15) is 5.11 Å². The van der Waals surface area contributed by atoms with Crippen LogP contribution in [-0.2, 0) is 4.74 Å². The molecule has 0 aliphatic heterocycles. The second-order valence-electron chi connectivity index (χ2n) is 7.78. The van der Waals surface area contributed by atoms with Crippen LogP contribution in [-0.4, -0.2) is 36.0 Å². The average Bonchev–Trinajstić information content (AvgIpc) is 2.41. The van der Waals surface area contributed by atoms with Crippen molar-refractivity contribution >= 4 is 0 Å². The molecule has 4 fully saturated rings. The molecule has 4 rings (SSSR count). The highest BCUT2D eigenvalue weighted by Gasteiger charge is 2.51. The molecule has 2 N–H and O–H groups in total. The van der Waals surface area contributed by atoms with Gasteiger partial charge in [-0.3, -0.25) is 0 Å². The van der Waals surface area contributed by atoms with Crippen LogP contribution in [0.15, 0.2) is 0 Å². The molecule has 0 unspecified atom stereocenters. The summed E-state index contributed by atoms with van der Waals surface area (Å²) in [6.45, 7) is 5.49. The van der Waals surface area contributed by atoms with E-state index in [1.807, 2.05) is 0 Å². The van der Waals surface area contributed by atoms with Gasteiger partial charge in [-0.25, -0.2) is 0 Å². The van der Waals surface area contributed by atoms with E-state index in [1.165, 1.54) is 38.5 Å². The second kappa shape index (κ2) is 5.94. The van der Waals surface area contributed by atoms with Crippen molar-refractivity contribution in [3.63, 3.8) is 0 Å². The molecule has 0 aromatic carbocycles. The number of ether oxygens (including phenoxy) is 1. The summed E-state index contributed by atoms with van der Waals surface area (Å²) in [5.74, 6) is 2.74. The molecule has 4 bridgehead atoms. The number of hydrogen-bond donors (Lipinski definition) is 2. The van der Waals surface area contributed by atoms with Crippen LogP contribution in [0.2, 0.25) is 0 Å². The molecule has 20 heavy (non-hydrogen) atoms. The molecule has 0 aromatic rings. The molecule has 4 aliphatic rings. The molecule has 0 heterocycles. The third-order valence-electron chi connectivity index (χ3n) is 5.88. The van der Waals surface area contributed by atoms with Crippen LogP contribution in [0, 0.1) is 17.8 Å². The van der Waals surface area contributed by atoms with E-state index in [1.54, 1.807) is 0 Å². The Labute approximate surface area is 123 Å². The smallest absolute Gasteiger partial charge is 0.0898 e. The second-order valence-corrected chi connectivity index (χ2v) is 7.78. The fourth-order valence-electron chi connectivity index (χ4n) is 5.02. The molecule has 4 aliphatic carbocycles. The molecule has 0 aromatic heterocycles. The molecule has 0 amide bonds. The molecule has 116 valence electrons. The molecule has 4 saturated carbocycles. The molecular weight excluding hydrogens is 250 g/mol. The van der Waals surface area contributed by atoms with Gasteiger partial charge in [0.25, 0.3) is 0 Å². The van der Waals surface area contributed by atoms with Gasteiger partial charge in [0.05, 0.1) is 18.3 Å². The summed E-state index contributed by atoms with van der Waals surface area (Å²) in [6, 6.07) is 0.476. The van der Waals surface area contributed by atoms with Crippen molar-refractivity contribution in [3.8, 4) is 0 Å². The zero-order valence-electron chi connectivity index (χ0n) is 13.1. The first-order chi connectivity index (χ1) is 9.58. The molecule has 3 nitrogen and oxygen atoms in total. The minimum atomic E-state index is -0.364. The summed E-state index contributed by atoms with van der Waals surface area (Å²) in [7, 11) is 0. The largest absolute Gasteiger partial charge is 0.389 e. The maximum atomic E-state index is 10.1. The summed E-state index contributed by atoms with van der Waals surface area (Å²) < 4.78 is 6.28. The lowest BCUT2D eigenvalue weighted by Gasteiger charge is -2.56. The van der Waals surface area contributed by atoms with Gasteiger partial charge < -0.3 is 15.2 Å². The van der Waals surface area contributed by atoms with Crippen molar-refractivity contribution in [1.82, 2.24) is 5.32 Å². The predicted octanol–water partition coefficient (Wildman–Crippen LogP) is 2.72. The molecule has 0 saturated heterocycles. The van der Waals surface area contributed by atoms with Crippen molar-refractivity contribution in [2.45, 2.75) is 76.5 Å². The van der Waals surface area contributed by atoms with Crippen molar-refractivity contribution < 1.29 is 9.84 Å².